The van der Waals surface area contributed by atoms with Crippen LogP contribution in [0.2, 0.25) is 0 Å². The molecule has 7 nitrogen and oxygen atoms in total. The van der Waals surface area contributed by atoms with Crippen LogP contribution in [0.1, 0.15) is 19.4 Å². The monoisotopic (exact) mass is 449 g/mol. The summed E-state index contributed by atoms with van der Waals surface area (Å²) in [5, 5.41) is 0. The van der Waals surface area contributed by atoms with E-state index in [0.717, 1.165) is 18.8 Å². The van der Waals surface area contributed by atoms with Crippen LogP contribution >= 0.6 is 0 Å². The molecule has 33 heavy (non-hydrogen) atoms. The van der Waals surface area contributed by atoms with Crippen molar-refractivity contribution in [1.82, 2.24) is 9.80 Å². The fourth-order valence-corrected chi connectivity index (χ4v) is 4.36. The molecule has 0 aromatic heterocycles. The SMILES string of the molecule is COc1ccccc1C1=C(N2CCN(c3ccccc3)CC2)C(=O)N(CCOC(C)C)C1=O. The molecule has 0 aliphatic carbocycles. The van der Waals surface area contributed by atoms with Crippen molar-refractivity contribution >= 4 is 23.1 Å². The maximum absolute atomic E-state index is 13.5. The van der Waals surface area contributed by atoms with Crippen molar-refractivity contribution in [2.45, 2.75) is 20.0 Å². The number of hydrogen-bond acceptors (Lipinski definition) is 6. The molecule has 2 aliphatic heterocycles. The topological polar surface area (TPSA) is 62.3 Å². The first kappa shape index (κ1) is 22.9. The van der Waals surface area contributed by atoms with E-state index >= 15 is 0 Å². The summed E-state index contributed by atoms with van der Waals surface area (Å²) < 4.78 is 11.2. The first-order valence-electron chi connectivity index (χ1n) is 11.4. The second-order valence-electron chi connectivity index (χ2n) is 8.42. The lowest BCUT2D eigenvalue weighted by Gasteiger charge is -2.37. The molecule has 2 aliphatic rings. The van der Waals surface area contributed by atoms with E-state index in [1.54, 1.807) is 7.11 Å². The number of carbonyl (C=O) groups is 2. The van der Waals surface area contributed by atoms with Gasteiger partial charge in [0.25, 0.3) is 11.8 Å². The number of hydrogen-bond donors (Lipinski definition) is 0. The van der Waals surface area contributed by atoms with Gasteiger partial charge in [0.2, 0.25) is 0 Å². The summed E-state index contributed by atoms with van der Waals surface area (Å²) in [7, 11) is 1.58. The minimum atomic E-state index is -0.294. The summed E-state index contributed by atoms with van der Waals surface area (Å²) in [6.45, 7) is 7.24. The zero-order valence-corrected chi connectivity index (χ0v) is 19.5. The zero-order valence-electron chi connectivity index (χ0n) is 19.5. The number of piperazine rings is 1. The molecular weight excluding hydrogens is 418 g/mol. The lowest BCUT2D eigenvalue weighted by Crippen LogP contribution is -2.47. The van der Waals surface area contributed by atoms with Gasteiger partial charge in [-0.15, -0.1) is 0 Å². The normalized spacial score (nSPS) is 16.9. The summed E-state index contributed by atoms with van der Waals surface area (Å²) >= 11 is 0. The number of nitrogens with zero attached hydrogens (tertiary/aromatic N) is 3. The van der Waals surface area contributed by atoms with Crippen molar-refractivity contribution in [3.63, 3.8) is 0 Å². The Morgan fingerprint density at radius 3 is 2.15 bits per heavy atom. The Kier molecular flexibility index (Phi) is 6.99. The van der Waals surface area contributed by atoms with Crippen LogP contribution in [0.3, 0.4) is 0 Å². The van der Waals surface area contributed by atoms with Gasteiger partial charge >= 0.3 is 0 Å². The standard InChI is InChI=1S/C26H31N3O4/c1-19(2)33-18-17-29-25(30)23(21-11-7-8-12-22(21)32-3)24(26(29)31)28-15-13-27(14-16-28)20-9-5-4-6-10-20/h4-12,19H,13-18H2,1-3H3. The minimum Gasteiger partial charge on any atom is -0.496 e. The zero-order chi connectivity index (χ0) is 23.4. The van der Waals surface area contributed by atoms with Crippen LogP contribution < -0.4 is 9.64 Å². The van der Waals surface area contributed by atoms with Gasteiger partial charge in [0.15, 0.2) is 0 Å². The minimum absolute atomic E-state index is 0.0324. The van der Waals surface area contributed by atoms with Gasteiger partial charge in [-0.25, -0.2) is 0 Å². The Labute approximate surface area is 195 Å². The lowest BCUT2D eigenvalue weighted by molar-refractivity contribution is -0.138. The molecule has 4 rings (SSSR count). The second-order valence-corrected chi connectivity index (χ2v) is 8.42. The van der Waals surface area contributed by atoms with Gasteiger partial charge in [-0.05, 0) is 32.0 Å². The van der Waals surface area contributed by atoms with Gasteiger partial charge in [-0.2, -0.15) is 0 Å². The maximum atomic E-state index is 13.5. The Bertz CT molecular complexity index is 1030. The number of anilines is 1. The average Bonchev–Trinajstić information content (AvgIpc) is 3.09. The third kappa shape index (κ3) is 4.73. The third-order valence-electron chi connectivity index (χ3n) is 6.00. The highest BCUT2D eigenvalue weighted by atomic mass is 16.5. The van der Waals surface area contributed by atoms with E-state index in [4.69, 9.17) is 9.47 Å². The van der Waals surface area contributed by atoms with Crippen LogP contribution in [0.25, 0.3) is 5.57 Å². The summed E-state index contributed by atoms with van der Waals surface area (Å²) in [4.78, 5) is 32.7. The van der Waals surface area contributed by atoms with Crippen LogP contribution in [-0.2, 0) is 14.3 Å². The largest absolute Gasteiger partial charge is 0.496 e. The first-order chi connectivity index (χ1) is 16.0. The lowest BCUT2D eigenvalue weighted by atomic mass is 10.0. The van der Waals surface area contributed by atoms with Crippen molar-refractivity contribution in [2.24, 2.45) is 0 Å². The number of rotatable bonds is 8. The Morgan fingerprint density at radius 1 is 0.848 bits per heavy atom. The molecule has 1 fully saturated rings. The molecule has 174 valence electrons. The Morgan fingerprint density at radius 2 is 1.48 bits per heavy atom. The molecule has 0 atom stereocenters. The first-order valence-corrected chi connectivity index (χ1v) is 11.4. The highest BCUT2D eigenvalue weighted by Crippen LogP contribution is 2.36. The molecule has 2 aromatic carbocycles. The quantitative estimate of drug-likeness (QED) is 0.578. The Hall–Kier alpha value is -3.32. The summed E-state index contributed by atoms with van der Waals surface area (Å²) in [6, 6.07) is 17.6. The van der Waals surface area contributed by atoms with Crippen LogP contribution in [0.15, 0.2) is 60.3 Å². The number of carbonyl (C=O) groups excluding carboxylic acids is 2. The van der Waals surface area contributed by atoms with Gasteiger partial charge in [0.1, 0.15) is 11.4 Å². The highest BCUT2D eigenvalue weighted by Gasteiger charge is 2.42. The maximum Gasteiger partial charge on any atom is 0.277 e. The van der Waals surface area contributed by atoms with E-state index in [0.29, 0.717) is 42.3 Å². The predicted molar refractivity (Wildman–Crippen MR) is 128 cm³/mol. The van der Waals surface area contributed by atoms with Crippen molar-refractivity contribution in [2.75, 3.05) is 51.3 Å². The van der Waals surface area contributed by atoms with Crippen molar-refractivity contribution in [1.29, 1.82) is 0 Å². The fraction of sp³-hybridized carbons (Fsp3) is 0.385. The molecule has 0 radical (unpaired) electrons. The van der Waals surface area contributed by atoms with Crippen LogP contribution in [0.5, 0.6) is 5.75 Å². The van der Waals surface area contributed by atoms with E-state index < -0.39 is 0 Å². The molecule has 2 heterocycles. The number of benzene rings is 2. The highest BCUT2D eigenvalue weighted by molar-refractivity contribution is 6.36. The Balaban J connectivity index is 1.63. The van der Waals surface area contributed by atoms with Gasteiger partial charge in [0, 0.05) is 37.4 Å². The molecule has 0 spiro atoms. The van der Waals surface area contributed by atoms with Crippen LogP contribution in [0.4, 0.5) is 5.69 Å². The number of methoxy groups -OCH3 is 1. The molecule has 0 bridgehead atoms. The van der Waals surface area contributed by atoms with E-state index in [1.807, 2.05) is 61.2 Å². The summed E-state index contributed by atoms with van der Waals surface area (Å²) in [5.41, 5.74) is 2.68. The number of ether oxygens (including phenoxy) is 2. The average molecular weight is 450 g/mol. The molecule has 2 amide bonds. The second kappa shape index (κ2) is 10.1. The predicted octanol–water partition coefficient (Wildman–Crippen LogP) is 3.02. The van der Waals surface area contributed by atoms with Crippen molar-refractivity contribution in [3.8, 4) is 5.75 Å². The van der Waals surface area contributed by atoms with Gasteiger partial charge < -0.3 is 19.3 Å². The van der Waals surface area contributed by atoms with Crippen molar-refractivity contribution in [3.05, 3.63) is 65.9 Å². The summed E-state index contributed by atoms with van der Waals surface area (Å²) in [6.07, 6.45) is 0.0324. The fourth-order valence-electron chi connectivity index (χ4n) is 4.36. The molecule has 0 saturated carbocycles. The van der Waals surface area contributed by atoms with Crippen molar-refractivity contribution < 1.29 is 19.1 Å². The summed E-state index contributed by atoms with van der Waals surface area (Å²) in [5.74, 6) is 0.0214. The van der Waals surface area contributed by atoms with Gasteiger partial charge in [-0.3, -0.25) is 14.5 Å². The van der Waals surface area contributed by atoms with Gasteiger partial charge in [0.05, 0.1) is 31.9 Å². The molecule has 0 unspecified atom stereocenters. The van der Waals surface area contributed by atoms with E-state index in [9.17, 15) is 9.59 Å². The van der Waals surface area contributed by atoms with E-state index in [-0.39, 0.29) is 24.5 Å². The van der Waals surface area contributed by atoms with Gasteiger partial charge in [-0.1, -0.05) is 36.4 Å². The molecular formula is C26H31N3O4. The number of amides is 2. The third-order valence-corrected chi connectivity index (χ3v) is 6.00. The molecule has 0 N–H and O–H groups in total. The van der Waals surface area contributed by atoms with Crippen LogP contribution in [-0.4, -0.2) is 74.2 Å². The smallest absolute Gasteiger partial charge is 0.277 e. The van der Waals surface area contributed by atoms with E-state index in [2.05, 4.69) is 17.0 Å². The molecule has 7 heteroatoms. The number of imide groups is 1. The molecule has 2 aromatic rings. The van der Waals surface area contributed by atoms with Crippen LogP contribution in [0, 0.1) is 0 Å². The van der Waals surface area contributed by atoms with E-state index in [1.165, 1.54) is 4.90 Å². The number of para-hydroxylation sites is 2. The molecule has 1 saturated heterocycles.